The van der Waals surface area contributed by atoms with Crippen LogP contribution in [0, 0.1) is 5.92 Å². The van der Waals surface area contributed by atoms with Crippen LogP contribution >= 0.6 is 0 Å². The molecule has 1 rings (SSSR count). The molecule has 0 aliphatic heterocycles. The van der Waals surface area contributed by atoms with Gasteiger partial charge < -0.3 is 15.0 Å². The second kappa shape index (κ2) is 6.00. The number of nitrogens with one attached hydrogen (secondary N) is 1. The highest BCUT2D eigenvalue weighted by molar-refractivity contribution is 5.92. The molecule has 6 heteroatoms. The normalized spacial score (nSPS) is 11.9. The van der Waals surface area contributed by atoms with Crippen LogP contribution in [0.1, 0.15) is 23.8 Å². The summed E-state index contributed by atoms with van der Waals surface area (Å²) in [6.45, 7) is 1.99. The number of carboxylic acids is 1. The third-order valence-electron chi connectivity index (χ3n) is 2.55. The lowest BCUT2D eigenvalue weighted by molar-refractivity contribution is -0.137. The molecule has 0 saturated heterocycles. The van der Waals surface area contributed by atoms with Crippen molar-refractivity contribution >= 4 is 11.9 Å². The molecule has 0 bridgehead atoms. The van der Waals surface area contributed by atoms with Gasteiger partial charge in [0, 0.05) is 26.1 Å². The van der Waals surface area contributed by atoms with Gasteiger partial charge in [0.15, 0.2) is 0 Å². The van der Waals surface area contributed by atoms with E-state index in [9.17, 15) is 14.4 Å². The van der Waals surface area contributed by atoms with E-state index in [1.165, 1.54) is 23.7 Å². The summed E-state index contributed by atoms with van der Waals surface area (Å²) in [6, 6.07) is 4.42. The molecular formula is C12H16N2O4. The van der Waals surface area contributed by atoms with Crippen molar-refractivity contribution in [2.45, 2.75) is 13.3 Å². The highest BCUT2D eigenvalue weighted by Gasteiger charge is 2.12. The predicted molar refractivity (Wildman–Crippen MR) is 65.4 cm³/mol. The number of hydrogen-bond acceptors (Lipinski definition) is 3. The van der Waals surface area contributed by atoms with Crippen LogP contribution in [-0.4, -0.2) is 28.1 Å². The Morgan fingerprint density at radius 2 is 2.11 bits per heavy atom. The first-order valence-electron chi connectivity index (χ1n) is 5.58. The van der Waals surface area contributed by atoms with Gasteiger partial charge in [-0.2, -0.15) is 0 Å². The second-order valence-electron chi connectivity index (χ2n) is 4.22. The van der Waals surface area contributed by atoms with Crippen molar-refractivity contribution in [3.8, 4) is 0 Å². The highest BCUT2D eigenvalue weighted by Crippen LogP contribution is 2.01. The topological polar surface area (TPSA) is 88.4 Å². The summed E-state index contributed by atoms with van der Waals surface area (Å²) in [5.41, 5.74) is -0.00809. The smallest absolute Gasteiger partial charge is 0.303 e. The Morgan fingerprint density at radius 3 is 2.72 bits per heavy atom. The van der Waals surface area contributed by atoms with Crippen LogP contribution < -0.4 is 10.9 Å². The van der Waals surface area contributed by atoms with E-state index in [1.54, 1.807) is 13.0 Å². The molecule has 0 radical (unpaired) electrons. The first-order chi connectivity index (χ1) is 8.41. The largest absolute Gasteiger partial charge is 0.481 e. The number of aliphatic carboxylic acids is 1. The minimum absolute atomic E-state index is 0.00595. The summed E-state index contributed by atoms with van der Waals surface area (Å²) < 4.78 is 1.25. The third-order valence-corrected chi connectivity index (χ3v) is 2.55. The maximum atomic E-state index is 11.8. The average molecular weight is 252 g/mol. The van der Waals surface area contributed by atoms with Gasteiger partial charge in [0.2, 0.25) is 0 Å². The molecule has 1 amide bonds. The van der Waals surface area contributed by atoms with Crippen molar-refractivity contribution in [1.29, 1.82) is 0 Å². The van der Waals surface area contributed by atoms with Gasteiger partial charge in [0.05, 0.1) is 0 Å². The van der Waals surface area contributed by atoms with Crippen LogP contribution in [-0.2, 0) is 11.8 Å². The Hall–Kier alpha value is -2.11. The number of aromatic nitrogens is 1. The van der Waals surface area contributed by atoms with Gasteiger partial charge in [0.1, 0.15) is 5.69 Å². The number of pyridine rings is 1. The number of amides is 1. The molecule has 0 aliphatic carbocycles. The van der Waals surface area contributed by atoms with Gasteiger partial charge >= 0.3 is 5.97 Å². The van der Waals surface area contributed by atoms with Gasteiger partial charge in [-0.1, -0.05) is 13.0 Å². The van der Waals surface area contributed by atoms with Gasteiger partial charge in [-0.15, -0.1) is 0 Å². The molecule has 1 aromatic heterocycles. The van der Waals surface area contributed by atoms with Crippen LogP contribution in [0.2, 0.25) is 0 Å². The summed E-state index contributed by atoms with van der Waals surface area (Å²) in [5.74, 6) is -1.44. The van der Waals surface area contributed by atoms with Crippen LogP contribution in [0.25, 0.3) is 0 Å². The fourth-order valence-corrected chi connectivity index (χ4v) is 1.52. The van der Waals surface area contributed by atoms with Crippen molar-refractivity contribution in [2.75, 3.05) is 6.54 Å². The summed E-state index contributed by atoms with van der Waals surface area (Å²) in [4.78, 5) is 33.6. The van der Waals surface area contributed by atoms with E-state index in [2.05, 4.69) is 5.32 Å². The summed E-state index contributed by atoms with van der Waals surface area (Å²) in [7, 11) is 1.51. The van der Waals surface area contributed by atoms with Crippen LogP contribution in [0.3, 0.4) is 0 Å². The van der Waals surface area contributed by atoms with Gasteiger partial charge in [-0.05, 0) is 12.0 Å². The Balaban J connectivity index is 2.64. The molecule has 1 aromatic rings. The SMILES string of the molecule is CC(CNC(=O)c1cccc(=O)n1C)CC(=O)O. The van der Waals surface area contributed by atoms with Crippen LogP contribution in [0.4, 0.5) is 0 Å². The van der Waals surface area contributed by atoms with E-state index in [4.69, 9.17) is 5.11 Å². The van der Waals surface area contributed by atoms with Gasteiger partial charge in [-0.3, -0.25) is 14.4 Å². The molecule has 2 N–H and O–H groups in total. The minimum atomic E-state index is -0.899. The molecule has 0 aromatic carbocycles. The van der Waals surface area contributed by atoms with Crippen molar-refractivity contribution < 1.29 is 14.7 Å². The maximum absolute atomic E-state index is 11.8. The zero-order chi connectivity index (χ0) is 13.7. The Labute approximate surface area is 104 Å². The van der Waals surface area contributed by atoms with E-state index in [-0.39, 0.29) is 36.0 Å². The zero-order valence-electron chi connectivity index (χ0n) is 10.3. The van der Waals surface area contributed by atoms with Crippen molar-refractivity contribution in [2.24, 2.45) is 13.0 Å². The molecule has 6 nitrogen and oxygen atoms in total. The fraction of sp³-hybridized carbons (Fsp3) is 0.417. The average Bonchev–Trinajstić information content (AvgIpc) is 2.29. The zero-order valence-corrected chi connectivity index (χ0v) is 10.3. The number of carboxylic acid groups (broad SMARTS) is 1. The van der Waals surface area contributed by atoms with E-state index in [0.29, 0.717) is 0 Å². The standard InChI is InChI=1S/C12H16N2O4/c1-8(6-11(16)17)7-13-12(18)9-4-3-5-10(15)14(9)2/h3-5,8H,6-7H2,1-2H3,(H,13,18)(H,16,17). The van der Waals surface area contributed by atoms with E-state index < -0.39 is 5.97 Å². The summed E-state index contributed by atoms with van der Waals surface area (Å²) in [5, 5.41) is 11.2. The Morgan fingerprint density at radius 1 is 1.44 bits per heavy atom. The summed E-state index contributed by atoms with van der Waals surface area (Å²) in [6.07, 6.45) is -0.00595. The van der Waals surface area contributed by atoms with E-state index in [1.807, 2.05) is 0 Å². The van der Waals surface area contributed by atoms with Gasteiger partial charge in [-0.25, -0.2) is 0 Å². The second-order valence-corrected chi connectivity index (χ2v) is 4.22. The lowest BCUT2D eigenvalue weighted by Crippen LogP contribution is -2.33. The number of nitrogens with zero attached hydrogens (tertiary/aromatic N) is 1. The van der Waals surface area contributed by atoms with Crippen molar-refractivity contribution in [1.82, 2.24) is 9.88 Å². The van der Waals surface area contributed by atoms with Gasteiger partial charge in [0.25, 0.3) is 11.5 Å². The number of hydrogen-bond donors (Lipinski definition) is 2. The first-order valence-corrected chi connectivity index (χ1v) is 5.58. The van der Waals surface area contributed by atoms with E-state index in [0.717, 1.165) is 0 Å². The minimum Gasteiger partial charge on any atom is -0.481 e. The molecule has 98 valence electrons. The molecule has 0 aliphatic rings. The number of carbonyl (C=O) groups is 2. The van der Waals surface area contributed by atoms with E-state index >= 15 is 0 Å². The quantitative estimate of drug-likeness (QED) is 0.785. The number of carbonyl (C=O) groups excluding carboxylic acids is 1. The molecule has 1 heterocycles. The van der Waals surface area contributed by atoms with Crippen LogP contribution in [0.15, 0.2) is 23.0 Å². The van der Waals surface area contributed by atoms with Crippen molar-refractivity contribution in [3.05, 3.63) is 34.2 Å². The number of rotatable bonds is 5. The lowest BCUT2D eigenvalue weighted by Gasteiger charge is -2.12. The fourth-order valence-electron chi connectivity index (χ4n) is 1.52. The monoisotopic (exact) mass is 252 g/mol. The predicted octanol–water partition coefficient (Wildman–Crippen LogP) is 0.226. The molecule has 0 saturated carbocycles. The Bertz CT molecular complexity index is 507. The molecule has 1 unspecified atom stereocenters. The van der Waals surface area contributed by atoms with Crippen molar-refractivity contribution in [3.63, 3.8) is 0 Å². The van der Waals surface area contributed by atoms with Crippen LogP contribution in [0.5, 0.6) is 0 Å². The molecule has 18 heavy (non-hydrogen) atoms. The Kier molecular flexibility index (Phi) is 4.65. The molecular weight excluding hydrogens is 236 g/mol. The third kappa shape index (κ3) is 3.73. The summed E-state index contributed by atoms with van der Waals surface area (Å²) >= 11 is 0. The first kappa shape index (κ1) is 14.0. The lowest BCUT2D eigenvalue weighted by atomic mass is 10.1. The molecule has 0 spiro atoms. The molecule has 0 fully saturated rings. The maximum Gasteiger partial charge on any atom is 0.303 e. The highest BCUT2D eigenvalue weighted by atomic mass is 16.4. The molecule has 1 atom stereocenters.